The highest BCUT2D eigenvalue weighted by atomic mass is 16.2. The standard InChI is InChI=1S/C28H49NO3/c1-12-28(11)22(20(4)30)14-13-21(25(5,6)17-26(28,7)8)16-19(3)27(9,10)29-23(31)15-18(2)24(29)32/h18-19,21-22H,12-17H2,1-11H3. The number of hydrogen-bond acceptors (Lipinski definition) is 3. The minimum Gasteiger partial charge on any atom is -0.300 e. The van der Waals surface area contributed by atoms with E-state index in [0.29, 0.717) is 18.1 Å². The number of rotatable bonds is 6. The first kappa shape index (κ1) is 27.1. The second kappa shape index (κ2) is 8.87. The number of Topliss-reactive ketones (excluding diaryl/α,β-unsaturated/α-hetero) is 1. The number of nitrogens with zero attached hydrogens (tertiary/aromatic N) is 1. The number of imide groups is 1. The third-order valence-corrected chi connectivity index (χ3v) is 10.1. The van der Waals surface area contributed by atoms with E-state index in [1.54, 1.807) is 11.8 Å². The summed E-state index contributed by atoms with van der Waals surface area (Å²) in [4.78, 5) is 39.7. The summed E-state index contributed by atoms with van der Waals surface area (Å²) in [6, 6.07) is 0. The minimum atomic E-state index is -0.509. The molecule has 0 aromatic carbocycles. The molecular formula is C28H49NO3. The topological polar surface area (TPSA) is 54.5 Å². The van der Waals surface area contributed by atoms with Crippen LogP contribution in [0.5, 0.6) is 0 Å². The molecule has 4 nitrogen and oxygen atoms in total. The van der Waals surface area contributed by atoms with Crippen LogP contribution in [0.3, 0.4) is 0 Å². The third kappa shape index (κ3) is 4.57. The van der Waals surface area contributed by atoms with E-state index in [2.05, 4.69) is 62.3 Å². The van der Waals surface area contributed by atoms with Crippen molar-refractivity contribution >= 4 is 17.6 Å². The van der Waals surface area contributed by atoms with Gasteiger partial charge in [-0.3, -0.25) is 19.3 Å². The van der Waals surface area contributed by atoms with Crippen LogP contribution in [0.4, 0.5) is 0 Å². The van der Waals surface area contributed by atoms with Crippen molar-refractivity contribution in [2.45, 2.75) is 120 Å². The molecule has 0 aromatic heterocycles. The highest BCUT2D eigenvalue weighted by molar-refractivity contribution is 6.04. The second-order valence-electron chi connectivity index (χ2n) is 13.2. The van der Waals surface area contributed by atoms with Gasteiger partial charge < -0.3 is 0 Å². The van der Waals surface area contributed by atoms with Gasteiger partial charge in [0.1, 0.15) is 5.78 Å². The molecule has 0 N–H and O–H groups in total. The van der Waals surface area contributed by atoms with E-state index >= 15 is 0 Å². The Labute approximate surface area is 197 Å². The van der Waals surface area contributed by atoms with Gasteiger partial charge in [-0.05, 0) is 81.0 Å². The van der Waals surface area contributed by atoms with E-state index in [4.69, 9.17) is 0 Å². The second-order valence-corrected chi connectivity index (χ2v) is 13.2. The van der Waals surface area contributed by atoms with Crippen molar-refractivity contribution in [3.8, 4) is 0 Å². The van der Waals surface area contributed by atoms with E-state index in [-0.39, 0.29) is 45.8 Å². The van der Waals surface area contributed by atoms with Crippen LogP contribution in [0.1, 0.15) is 115 Å². The highest BCUT2D eigenvalue weighted by Gasteiger charge is 2.53. The molecule has 1 saturated heterocycles. The van der Waals surface area contributed by atoms with Crippen LogP contribution in [0.2, 0.25) is 0 Å². The Balaban J connectivity index is 2.34. The molecule has 5 unspecified atom stereocenters. The molecule has 0 bridgehead atoms. The van der Waals surface area contributed by atoms with Gasteiger partial charge >= 0.3 is 0 Å². The fourth-order valence-electron chi connectivity index (χ4n) is 7.17. The molecule has 1 saturated carbocycles. The number of likely N-dealkylation sites (tertiary alicyclic amines) is 1. The van der Waals surface area contributed by atoms with Crippen LogP contribution in [0.15, 0.2) is 0 Å². The molecule has 0 radical (unpaired) electrons. The van der Waals surface area contributed by atoms with Gasteiger partial charge in [-0.2, -0.15) is 0 Å². The molecule has 1 heterocycles. The zero-order valence-electron chi connectivity index (χ0n) is 22.7. The Morgan fingerprint density at radius 1 is 1.12 bits per heavy atom. The summed E-state index contributed by atoms with van der Waals surface area (Å²) in [6.07, 6.45) is 5.28. The van der Waals surface area contributed by atoms with Crippen LogP contribution in [-0.2, 0) is 14.4 Å². The average Bonchev–Trinajstić information content (AvgIpc) is 2.90. The normalized spacial score (nSPS) is 34.2. The lowest BCUT2D eigenvalue weighted by molar-refractivity contribution is -0.148. The maximum atomic E-state index is 12.8. The molecule has 1 aliphatic heterocycles. The summed E-state index contributed by atoms with van der Waals surface area (Å²) in [6.45, 7) is 24.0. The Morgan fingerprint density at radius 3 is 2.12 bits per heavy atom. The summed E-state index contributed by atoms with van der Waals surface area (Å²) < 4.78 is 0. The molecule has 0 spiro atoms. The Hall–Kier alpha value is -1.19. The molecular weight excluding hydrogens is 398 g/mol. The number of carbonyl (C=O) groups is 3. The number of ketones is 1. The lowest BCUT2D eigenvalue weighted by Gasteiger charge is -2.55. The van der Waals surface area contributed by atoms with Gasteiger partial charge in [0.25, 0.3) is 0 Å². The molecule has 184 valence electrons. The van der Waals surface area contributed by atoms with Crippen molar-refractivity contribution in [2.75, 3.05) is 0 Å². The first-order valence-electron chi connectivity index (χ1n) is 12.8. The Kier molecular flexibility index (Phi) is 7.50. The molecule has 2 rings (SSSR count). The molecule has 2 amide bonds. The molecule has 2 fully saturated rings. The number of carbonyl (C=O) groups excluding carboxylic acids is 3. The van der Waals surface area contributed by atoms with Crippen molar-refractivity contribution in [2.24, 2.45) is 39.9 Å². The molecule has 4 heteroatoms. The van der Waals surface area contributed by atoms with E-state index in [0.717, 1.165) is 32.1 Å². The summed E-state index contributed by atoms with van der Waals surface area (Å²) >= 11 is 0. The number of hydrogen-bond donors (Lipinski definition) is 0. The zero-order chi connectivity index (χ0) is 24.9. The first-order chi connectivity index (χ1) is 14.4. The Bertz CT molecular complexity index is 750. The summed E-state index contributed by atoms with van der Waals surface area (Å²) in [5.41, 5.74) is -0.380. The molecule has 32 heavy (non-hydrogen) atoms. The summed E-state index contributed by atoms with van der Waals surface area (Å²) in [5.74, 6) is 0.734. The lowest BCUT2D eigenvalue weighted by Crippen LogP contribution is -2.53. The van der Waals surface area contributed by atoms with Gasteiger partial charge in [-0.1, -0.05) is 55.4 Å². The fraction of sp³-hybridized carbons (Fsp3) is 0.893. The first-order valence-corrected chi connectivity index (χ1v) is 12.8. The largest absolute Gasteiger partial charge is 0.300 e. The van der Waals surface area contributed by atoms with Gasteiger partial charge in [0.2, 0.25) is 11.8 Å². The lowest BCUT2D eigenvalue weighted by atomic mass is 9.49. The predicted octanol–water partition coefficient (Wildman–Crippen LogP) is 6.66. The summed E-state index contributed by atoms with van der Waals surface area (Å²) in [5, 5.41) is 0. The van der Waals surface area contributed by atoms with Gasteiger partial charge in [-0.25, -0.2) is 0 Å². The van der Waals surface area contributed by atoms with Crippen molar-refractivity contribution in [1.29, 1.82) is 0 Å². The van der Waals surface area contributed by atoms with Crippen LogP contribution in [-0.4, -0.2) is 28.0 Å². The molecule has 2 aliphatic rings. The van der Waals surface area contributed by atoms with Crippen molar-refractivity contribution in [3.63, 3.8) is 0 Å². The van der Waals surface area contributed by atoms with E-state index < -0.39 is 5.54 Å². The smallest absolute Gasteiger partial charge is 0.233 e. The van der Waals surface area contributed by atoms with E-state index in [1.165, 1.54) is 0 Å². The van der Waals surface area contributed by atoms with Crippen LogP contribution >= 0.6 is 0 Å². The van der Waals surface area contributed by atoms with Crippen molar-refractivity contribution < 1.29 is 14.4 Å². The number of amides is 2. The van der Waals surface area contributed by atoms with Gasteiger partial charge in [0, 0.05) is 23.8 Å². The van der Waals surface area contributed by atoms with Crippen molar-refractivity contribution in [3.05, 3.63) is 0 Å². The van der Waals surface area contributed by atoms with Crippen LogP contribution in [0.25, 0.3) is 0 Å². The monoisotopic (exact) mass is 447 g/mol. The maximum absolute atomic E-state index is 12.8. The van der Waals surface area contributed by atoms with Crippen molar-refractivity contribution in [1.82, 2.24) is 4.90 Å². The van der Waals surface area contributed by atoms with Gasteiger partial charge in [0.15, 0.2) is 0 Å². The van der Waals surface area contributed by atoms with Gasteiger partial charge in [0.05, 0.1) is 0 Å². The van der Waals surface area contributed by atoms with Gasteiger partial charge in [-0.15, -0.1) is 0 Å². The summed E-state index contributed by atoms with van der Waals surface area (Å²) in [7, 11) is 0. The maximum Gasteiger partial charge on any atom is 0.233 e. The van der Waals surface area contributed by atoms with E-state index in [1.807, 2.05) is 6.92 Å². The Morgan fingerprint density at radius 2 is 1.69 bits per heavy atom. The highest BCUT2D eigenvalue weighted by Crippen LogP contribution is 2.59. The quantitative estimate of drug-likeness (QED) is 0.428. The third-order valence-electron chi connectivity index (χ3n) is 10.1. The minimum absolute atomic E-state index is 0.0174. The molecule has 5 atom stereocenters. The van der Waals surface area contributed by atoms with Crippen LogP contribution < -0.4 is 0 Å². The fourth-order valence-corrected chi connectivity index (χ4v) is 7.17. The van der Waals surface area contributed by atoms with Crippen LogP contribution in [0, 0.1) is 39.9 Å². The van der Waals surface area contributed by atoms with E-state index in [9.17, 15) is 14.4 Å². The average molecular weight is 448 g/mol. The predicted molar refractivity (Wildman–Crippen MR) is 131 cm³/mol. The molecule has 0 aromatic rings. The molecule has 1 aliphatic carbocycles. The SMILES string of the molecule is CCC1(C)C(C(C)=O)CCC(CC(C)C(C)(C)N2C(=O)CC(C)C2=O)C(C)(C)CC1(C)C. The zero-order valence-corrected chi connectivity index (χ0v) is 22.7.